The standard InChI is InChI=1S/C13H18N2O2S/c16-12(14-8-10-4-1-2-5-10)9-15-13(17)11-6-3-7-18-11/h3,6-7,10H,1-2,4-5,8-9H2,(H,14,16)(H,15,17). The zero-order valence-corrected chi connectivity index (χ0v) is 11.1. The van der Waals surface area contributed by atoms with E-state index in [-0.39, 0.29) is 18.4 Å². The van der Waals surface area contributed by atoms with Gasteiger partial charge in [0, 0.05) is 6.54 Å². The quantitative estimate of drug-likeness (QED) is 0.853. The summed E-state index contributed by atoms with van der Waals surface area (Å²) in [5, 5.41) is 7.34. The zero-order chi connectivity index (χ0) is 12.8. The van der Waals surface area contributed by atoms with Gasteiger partial charge in [0.2, 0.25) is 5.91 Å². The minimum absolute atomic E-state index is 0.0590. The predicted octanol–water partition coefficient (Wildman–Crippen LogP) is 1.78. The number of rotatable bonds is 5. The minimum Gasteiger partial charge on any atom is -0.354 e. The third-order valence-corrected chi connectivity index (χ3v) is 4.09. The van der Waals surface area contributed by atoms with Crippen LogP contribution in [0, 0.1) is 5.92 Å². The van der Waals surface area contributed by atoms with Gasteiger partial charge in [0.05, 0.1) is 11.4 Å². The molecule has 1 aromatic heterocycles. The summed E-state index contributed by atoms with van der Waals surface area (Å²) in [7, 11) is 0. The smallest absolute Gasteiger partial charge is 0.261 e. The molecule has 18 heavy (non-hydrogen) atoms. The number of hydrogen-bond acceptors (Lipinski definition) is 3. The Labute approximate surface area is 111 Å². The molecule has 0 unspecified atom stereocenters. The van der Waals surface area contributed by atoms with E-state index in [1.54, 1.807) is 6.07 Å². The molecule has 2 N–H and O–H groups in total. The number of hydrogen-bond donors (Lipinski definition) is 2. The molecular formula is C13H18N2O2S. The lowest BCUT2D eigenvalue weighted by Crippen LogP contribution is -2.38. The SMILES string of the molecule is O=C(CNC(=O)c1cccs1)NCC1CCCC1. The molecule has 0 saturated heterocycles. The van der Waals surface area contributed by atoms with Gasteiger partial charge in [0.1, 0.15) is 0 Å². The topological polar surface area (TPSA) is 58.2 Å². The first kappa shape index (κ1) is 13.1. The summed E-state index contributed by atoms with van der Waals surface area (Å²) in [6, 6.07) is 3.57. The molecule has 1 aliphatic rings. The van der Waals surface area contributed by atoms with Crippen molar-refractivity contribution in [1.29, 1.82) is 0 Å². The van der Waals surface area contributed by atoms with Crippen molar-refractivity contribution in [2.45, 2.75) is 25.7 Å². The summed E-state index contributed by atoms with van der Waals surface area (Å²) >= 11 is 1.37. The maximum atomic E-state index is 11.6. The van der Waals surface area contributed by atoms with Crippen molar-refractivity contribution < 1.29 is 9.59 Å². The van der Waals surface area contributed by atoms with Gasteiger partial charge in [-0.2, -0.15) is 0 Å². The highest BCUT2D eigenvalue weighted by molar-refractivity contribution is 7.12. The Hall–Kier alpha value is -1.36. The molecule has 0 radical (unpaired) electrons. The molecule has 1 aromatic rings. The fourth-order valence-electron chi connectivity index (χ4n) is 2.19. The van der Waals surface area contributed by atoms with E-state index in [2.05, 4.69) is 10.6 Å². The third kappa shape index (κ3) is 3.84. The Kier molecular flexibility index (Phi) is 4.75. The predicted molar refractivity (Wildman–Crippen MR) is 71.6 cm³/mol. The van der Waals surface area contributed by atoms with Crippen molar-refractivity contribution in [1.82, 2.24) is 10.6 Å². The van der Waals surface area contributed by atoms with Crippen LogP contribution in [-0.4, -0.2) is 24.9 Å². The van der Waals surface area contributed by atoms with Crippen LogP contribution >= 0.6 is 11.3 Å². The lowest BCUT2D eigenvalue weighted by atomic mass is 10.1. The zero-order valence-electron chi connectivity index (χ0n) is 10.3. The summed E-state index contributed by atoms with van der Waals surface area (Å²) in [4.78, 5) is 23.8. The Morgan fingerprint density at radius 2 is 2.06 bits per heavy atom. The van der Waals surface area contributed by atoms with Crippen molar-refractivity contribution >= 4 is 23.2 Å². The Morgan fingerprint density at radius 1 is 1.28 bits per heavy atom. The highest BCUT2D eigenvalue weighted by Gasteiger charge is 2.15. The lowest BCUT2D eigenvalue weighted by Gasteiger charge is -2.10. The first-order chi connectivity index (χ1) is 8.75. The molecule has 2 rings (SSSR count). The van der Waals surface area contributed by atoms with Crippen LogP contribution in [0.5, 0.6) is 0 Å². The maximum absolute atomic E-state index is 11.6. The molecule has 1 fully saturated rings. The molecule has 4 nitrogen and oxygen atoms in total. The molecule has 0 bridgehead atoms. The van der Waals surface area contributed by atoms with Crippen LogP contribution in [0.3, 0.4) is 0 Å². The van der Waals surface area contributed by atoms with E-state index >= 15 is 0 Å². The van der Waals surface area contributed by atoms with Crippen LogP contribution in [0.15, 0.2) is 17.5 Å². The molecular weight excluding hydrogens is 248 g/mol. The monoisotopic (exact) mass is 266 g/mol. The average molecular weight is 266 g/mol. The van der Waals surface area contributed by atoms with Crippen LogP contribution in [0.1, 0.15) is 35.4 Å². The van der Waals surface area contributed by atoms with Crippen molar-refractivity contribution in [3.8, 4) is 0 Å². The minimum atomic E-state index is -0.180. The fraction of sp³-hybridized carbons (Fsp3) is 0.538. The van der Waals surface area contributed by atoms with E-state index in [0.29, 0.717) is 10.8 Å². The molecule has 1 heterocycles. The maximum Gasteiger partial charge on any atom is 0.261 e. The van der Waals surface area contributed by atoms with Gasteiger partial charge in [-0.15, -0.1) is 11.3 Å². The van der Waals surface area contributed by atoms with Gasteiger partial charge >= 0.3 is 0 Å². The molecule has 1 aliphatic carbocycles. The van der Waals surface area contributed by atoms with E-state index in [1.807, 2.05) is 11.4 Å². The Bertz CT molecular complexity index is 397. The van der Waals surface area contributed by atoms with Crippen LogP contribution in [0.25, 0.3) is 0 Å². The summed E-state index contributed by atoms with van der Waals surface area (Å²) in [6.45, 7) is 0.803. The van der Waals surface area contributed by atoms with Gasteiger partial charge in [-0.25, -0.2) is 0 Å². The second kappa shape index (κ2) is 6.54. The van der Waals surface area contributed by atoms with Crippen molar-refractivity contribution in [2.24, 2.45) is 5.92 Å². The second-order valence-electron chi connectivity index (χ2n) is 4.61. The molecule has 98 valence electrons. The summed E-state index contributed by atoms with van der Waals surface area (Å²) in [5.74, 6) is 0.342. The van der Waals surface area contributed by atoms with E-state index in [9.17, 15) is 9.59 Å². The third-order valence-electron chi connectivity index (χ3n) is 3.22. The Balaban J connectivity index is 1.63. The normalized spacial score (nSPS) is 15.6. The molecule has 0 spiro atoms. The number of thiophene rings is 1. The van der Waals surface area contributed by atoms with Crippen LogP contribution in [0.2, 0.25) is 0 Å². The molecule has 0 aromatic carbocycles. The van der Waals surface area contributed by atoms with Crippen LogP contribution in [-0.2, 0) is 4.79 Å². The van der Waals surface area contributed by atoms with Crippen molar-refractivity contribution in [2.75, 3.05) is 13.1 Å². The Morgan fingerprint density at radius 3 is 2.72 bits per heavy atom. The molecule has 1 saturated carbocycles. The van der Waals surface area contributed by atoms with E-state index in [1.165, 1.54) is 37.0 Å². The van der Waals surface area contributed by atoms with E-state index in [0.717, 1.165) is 6.54 Å². The highest BCUT2D eigenvalue weighted by Crippen LogP contribution is 2.23. The first-order valence-corrected chi connectivity index (χ1v) is 7.22. The van der Waals surface area contributed by atoms with Gasteiger partial charge in [0.15, 0.2) is 0 Å². The van der Waals surface area contributed by atoms with Crippen molar-refractivity contribution in [3.63, 3.8) is 0 Å². The lowest BCUT2D eigenvalue weighted by molar-refractivity contribution is -0.120. The molecule has 2 amide bonds. The molecule has 5 heteroatoms. The van der Waals surface area contributed by atoms with Gasteiger partial charge in [0.25, 0.3) is 5.91 Å². The van der Waals surface area contributed by atoms with Gasteiger partial charge in [-0.3, -0.25) is 9.59 Å². The van der Waals surface area contributed by atoms with E-state index in [4.69, 9.17) is 0 Å². The van der Waals surface area contributed by atoms with Gasteiger partial charge in [-0.05, 0) is 30.2 Å². The average Bonchev–Trinajstić information content (AvgIpc) is 3.05. The number of amides is 2. The summed E-state index contributed by atoms with van der Waals surface area (Å²) < 4.78 is 0. The summed E-state index contributed by atoms with van der Waals surface area (Å²) in [5.41, 5.74) is 0. The number of carbonyl (C=O) groups excluding carboxylic acids is 2. The largest absolute Gasteiger partial charge is 0.354 e. The number of nitrogens with one attached hydrogen (secondary N) is 2. The number of carbonyl (C=O) groups is 2. The van der Waals surface area contributed by atoms with Crippen molar-refractivity contribution in [3.05, 3.63) is 22.4 Å². The second-order valence-corrected chi connectivity index (χ2v) is 5.56. The summed E-state index contributed by atoms with van der Waals surface area (Å²) in [6.07, 6.45) is 4.97. The van der Waals surface area contributed by atoms with Crippen LogP contribution < -0.4 is 10.6 Å². The molecule has 0 atom stereocenters. The van der Waals surface area contributed by atoms with Gasteiger partial charge < -0.3 is 10.6 Å². The van der Waals surface area contributed by atoms with E-state index < -0.39 is 0 Å². The van der Waals surface area contributed by atoms with Crippen LogP contribution in [0.4, 0.5) is 0 Å². The first-order valence-electron chi connectivity index (χ1n) is 6.34. The fourth-order valence-corrected chi connectivity index (χ4v) is 2.83. The molecule has 0 aliphatic heterocycles. The van der Waals surface area contributed by atoms with Gasteiger partial charge in [-0.1, -0.05) is 18.9 Å². The highest BCUT2D eigenvalue weighted by atomic mass is 32.1.